The second kappa shape index (κ2) is 7.72. The van der Waals surface area contributed by atoms with Crippen LogP contribution in [0.4, 0.5) is 0 Å². The maximum Gasteiger partial charge on any atom is 0.110 e. The minimum Gasteiger partial charge on any atom is -0.497 e. The van der Waals surface area contributed by atoms with E-state index < -0.39 is 0 Å². The average molecular weight is 240 g/mol. The van der Waals surface area contributed by atoms with Crippen molar-refractivity contribution in [1.82, 2.24) is 10.2 Å². The highest BCUT2D eigenvalue weighted by molar-refractivity contribution is 4.84. The number of ether oxygens (including phenoxy) is 1. The summed E-state index contributed by atoms with van der Waals surface area (Å²) in [5.41, 5.74) is 0. The van der Waals surface area contributed by atoms with E-state index in [1.165, 1.54) is 6.42 Å². The summed E-state index contributed by atoms with van der Waals surface area (Å²) in [7, 11) is 4.27. The molecule has 0 amide bonds. The van der Waals surface area contributed by atoms with Crippen LogP contribution in [0.5, 0.6) is 0 Å². The number of hydrogen-bond donors (Lipinski definition) is 1. The molecule has 1 rings (SSSR count). The Hall–Kier alpha value is -0.540. The largest absolute Gasteiger partial charge is 0.497 e. The van der Waals surface area contributed by atoms with Gasteiger partial charge in [-0.2, -0.15) is 0 Å². The van der Waals surface area contributed by atoms with Crippen LogP contribution in [-0.2, 0) is 4.74 Å². The van der Waals surface area contributed by atoms with Crippen LogP contribution in [0, 0.1) is 5.92 Å². The Morgan fingerprint density at radius 3 is 2.71 bits per heavy atom. The van der Waals surface area contributed by atoms with Crippen molar-refractivity contribution in [2.45, 2.75) is 45.3 Å². The molecule has 1 aliphatic rings. The topological polar surface area (TPSA) is 24.5 Å². The molecule has 2 unspecified atom stereocenters. The molecule has 3 nitrogen and oxygen atoms in total. The molecule has 100 valence electrons. The van der Waals surface area contributed by atoms with Gasteiger partial charge in [0.05, 0.1) is 6.26 Å². The summed E-state index contributed by atoms with van der Waals surface area (Å²) >= 11 is 0. The fourth-order valence-corrected chi connectivity index (χ4v) is 2.27. The third-order valence-corrected chi connectivity index (χ3v) is 3.00. The molecule has 0 aromatic rings. The molecule has 1 heterocycles. The van der Waals surface area contributed by atoms with Crippen LogP contribution in [0.1, 0.15) is 33.1 Å². The van der Waals surface area contributed by atoms with Crippen LogP contribution in [0.2, 0.25) is 0 Å². The minimum atomic E-state index is 0.358. The molecule has 1 aliphatic heterocycles. The summed E-state index contributed by atoms with van der Waals surface area (Å²) in [6, 6.07) is 0.569. The van der Waals surface area contributed by atoms with Gasteiger partial charge in [-0.1, -0.05) is 13.8 Å². The predicted molar refractivity (Wildman–Crippen MR) is 73.0 cm³/mol. The van der Waals surface area contributed by atoms with E-state index in [9.17, 15) is 0 Å². The van der Waals surface area contributed by atoms with Crippen LogP contribution >= 0.6 is 0 Å². The van der Waals surface area contributed by atoms with Crippen LogP contribution in [0.25, 0.3) is 0 Å². The average Bonchev–Trinajstić information content (AvgIpc) is 2.26. The van der Waals surface area contributed by atoms with Gasteiger partial charge in [-0.05, 0) is 45.4 Å². The van der Waals surface area contributed by atoms with Crippen molar-refractivity contribution in [1.29, 1.82) is 0 Å². The highest BCUT2D eigenvalue weighted by atomic mass is 16.5. The fraction of sp³-hybridized carbons (Fsp3) is 0.857. The van der Waals surface area contributed by atoms with Crippen molar-refractivity contribution >= 4 is 0 Å². The summed E-state index contributed by atoms with van der Waals surface area (Å²) in [4.78, 5) is 2.25. The molecule has 0 aliphatic carbocycles. The van der Waals surface area contributed by atoms with E-state index in [2.05, 4.69) is 44.2 Å². The number of nitrogens with one attached hydrogen (secondary N) is 1. The molecule has 0 aromatic carbocycles. The smallest absolute Gasteiger partial charge is 0.110 e. The molecule has 0 fully saturated rings. The molecule has 3 heteroatoms. The van der Waals surface area contributed by atoms with Gasteiger partial charge >= 0.3 is 0 Å². The SMILES string of the molecule is CC(C)CC(CN(C)C)NCC1CCC=CO1. The molecule has 0 radical (unpaired) electrons. The summed E-state index contributed by atoms with van der Waals surface area (Å²) in [6.45, 7) is 6.63. The molecular weight excluding hydrogens is 212 g/mol. The Bertz CT molecular complexity index is 216. The van der Waals surface area contributed by atoms with E-state index >= 15 is 0 Å². The van der Waals surface area contributed by atoms with E-state index in [4.69, 9.17) is 4.74 Å². The molecule has 0 spiro atoms. The molecule has 0 saturated heterocycles. The zero-order chi connectivity index (χ0) is 12.7. The highest BCUT2D eigenvalue weighted by Crippen LogP contribution is 2.11. The fourth-order valence-electron chi connectivity index (χ4n) is 2.27. The second-order valence-electron chi connectivity index (χ2n) is 5.70. The van der Waals surface area contributed by atoms with Gasteiger partial charge in [0.2, 0.25) is 0 Å². The number of rotatable bonds is 7. The summed E-state index contributed by atoms with van der Waals surface area (Å²) in [5, 5.41) is 3.65. The summed E-state index contributed by atoms with van der Waals surface area (Å²) in [5.74, 6) is 0.736. The van der Waals surface area contributed by atoms with E-state index in [1.807, 2.05) is 6.26 Å². The van der Waals surface area contributed by atoms with Crippen LogP contribution in [0.3, 0.4) is 0 Å². The Kier molecular flexibility index (Phi) is 6.60. The van der Waals surface area contributed by atoms with Crippen molar-refractivity contribution in [3.63, 3.8) is 0 Å². The second-order valence-corrected chi connectivity index (χ2v) is 5.70. The Morgan fingerprint density at radius 2 is 2.18 bits per heavy atom. The Balaban J connectivity index is 2.29. The van der Waals surface area contributed by atoms with Crippen molar-refractivity contribution in [2.24, 2.45) is 5.92 Å². The van der Waals surface area contributed by atoms with Crippen molar-refractivity contribution < 1.29 is 4.74 Å². The van der Waals surface area contributed by atoms with Crippen LogP contribution < -0.4 is 5.32 Å². The van der Waals surface area contributed by atoms with Crippen LogP contribution in [0.15, 0.2) is 12.3 Å². The van der Waals surface area contributed by atoms with E-state index in [1.54, 1.807) is 0 Å². The predicted octanol–water partition coefficient (Wildman–Crippen LogP) is 2.25. The van der Waals surface area contributed by atoms with Gasteiger partial charge in [-0.15, -0.1) is 0 Å². The van der Waals surface area contributed by atoms with E-state index in [0.717, 1.165) is 31.8 Å². The lowest BCUT2D eigenvalue weighted by Crippen LogP contribution is -2.43. The zero-order valence-corrected chi connectivity index (χ0v) is 11.8. The van der Waals surface area contributed by atoms with E-state index in [0.29, 0.717) is 12.1 Å². The zero-order valence-electron chi connectivity index (χ0n) is 11.8. The first-order chi connectivity index (χ1) is 8.08. The third-order valence-electron chi connectivity index (χ3n) is 3.00. The first-order valence-electron chi connectivity index (χ1n) is 6.76. The number of likely N-dealkylation sites (N-methyl/N-ethyl adjacent to an activating group) is 1. The molecule has 2 atom stereocenters. The summed E-state index contributed by atoms with van der Waals surface area (Å²) < 4.78 is 5.58. The lowest BCUT2D eigenvalue weighted by Gasteiger charge is -2.27. The maximum absolute atomic E-state index is 5.58. The normalized spacial score (nSPS) is 21.9. The minimum absolute atomic E-state index is 0.358. The monoisotopic (exact) mass is 240 g/mol. The molecule has 17 heavy (non-hydrogen) atoms. The van der Waals surface area contributed by atoms with Crippen LogP contribution in [-0.4, -0.2) is 44.2 Å². The first-order valence-corrected chi connectivity index (χ1v) is 6.76. The molecule has 0 aromatic heterocycles. The molecule has 1 N–H and O–H groups in total. The lowest BCUT2D eigenvalue weighted by atomic mass is 10.0. The summed E-state index contributed by atoms with van der Waals surface area (Å²) in [6.07, 6.45) is 7.81. The van der Waals surface area contributed by atoms with Gasteiger partial charge in [-0.3, -0.25) is 0 Å². The van der Waals surface area contributed by atoms with Gasteiger partial charge in [0, 0.05) is 19.1 Å². The Morgan fingerprint density at radius 1 is 1.41 bits per heavy atom. The number of nitrogens with zero attached hydrogens (tertiary/aromatic N) is 1. The lowest BCUT2D eigenvalue weighted by molar-refractivity contribution is 0.116. The first kappa shape index (κ1) is 14.5. The molecule has 0 bridgehead atoms. The van der Waals surface area contributed by atoms with Crippen molar-refractivity contribution in [3.05, 3.63) is 12.3 Å². The van der Waals surface area contributed by atoms with Gasteiger partial charge in [-0.25, -0.2) is 0 Å². The number of hydrogen-bond acceptors (Lipinski definition) is 3. The van der Waals surface area contributed by atoms with Gasteiger partial charge in [0.1, 0.15) is 6.10 Å². The number of allylic oxidation sites excluding steroid dienone is 1. The van der Waals surface area contributed by atoms with Gasteiger partial charge < -0.3 is 15.0 Å². The van der Waals surface area contributed by atoms with Crippen molar-refractivity contribution in [3.8, 4) is 0 Å². The van der Waals surface area contributed by atoms with Crippen molar-refractivity contribution in [2.75, 3.05) is 27.2 Å². The standard InChI is InChI=1S/C14H28N2O/c1-12(2)9-13(11-16(3)4)15-10-14-7-5-6-8-17-14/h6,8,12-15H,5,7,9-11H2,1-4H3. The quantitative estimate of drug-likeness (QED) is 0.738. The van der Waals surface area contributed by atoms with E-state index in [-0.39, 0.29) is 0 Å². The highest BCUT2D eigenvalue weighted by Gasteiger charge is 2.16. The maximum atomic E-state index is 5.58. The molecule has 0 saturated carbocycles. The molecular formula is C14H28N2O. The van der Waals surface area contributed by atoms with Gasteiger partial charge in [0.15, 0.2) is 0 Å². The van der Waals surface area contributed by atoms with Gasteiger partial charge in [0.25, 0.3) is 0 Å². The third kappa shape index (κ3) is 6.69. The Labute approximate surface area is 106 Å².